The first-order valence-electron chi connectivity index (χ1n) is 4.70. The van der Waals surface area contributed by atoms with Crippen LogP contribution in [0.15, 0.2) is 0 Å². The fourth-order valence-electron chi connectivity index (χ4n) is 0.918. The van der Waals surface area contributed by atoms with Crippen molar-refractivity contribution in [1.29, 1.82) is 0 Å². The first kappa shape index (κ1) is 12.4. The summed E-state index contributed by atoms with van der Waals surface area (Å²) in [5.74, 6) is -0.299. The van der Waals surface area contributed by atoms with Crippen LogP contribution >= 0.6 is 0 Å². The van der Waals surface area contributed by atoms with Crippen LogP contribution in [0.4, 0.5) is 0 Å². The topological polar surface area (TPSA) is 46.5 Å². The average Bonchev–Trinajstić information content (AvgIpc) is 1.96. The van der Waals surface area contributed by atoms with Gasteiger partial charge >= 0.3 is 5.97 Å². The van der Waals surface area contributed by atoms with Crippen LogP contribution in [0.25, 0.3) is 0 Å². The van der Waals surface area contributed by atoms with Crippen LogP contribution in [-0.2, 0) is 9.53 Å². The Labute approximate surface area is 80.1 Å². The molecule has 1 atom stereocenters. The van der Waals surface area contributed by atoms with Gasteiger partial charge in [0.05, 0.1) is 5.92 Å². The van der Waals surface area contributed by atoms with E-state index >= 15 is 0 Å². The molecule has 1 N–H and O–H groups in total. The minimum Gasteiger partial charge on any atom is -0.460 e. The minimum atomic E-state index is -0.412. The monoisotopic (exact) mass is 188 g/mol. The van der Waals surface area contributed by atoms with E-state index in [-0.39, 0.29) is 18.5 Å². The van der Waals surface area contributed by atoms with Gasteiger partial charge in [-0.3, -0.25) is 4.79 Å². The number of aliphatic hydroxyl groups excluding tert-OH is 1. The van der Waals surface area contributed by atoms with E-state index in [1.807, 2.05) is 27.7 Å². The summed E-state index contributed by atoms with van der Waals surface area (Å²) in [4.78, 5) is 11.4. The van der Waals surface area contributed by atoms with E-state index in [4.69, 9.17) is 9.84 Å². The Hall–Kier alpha value is -0.570. The summed E-state index contributed by atoms with van der Waals surface area (Å²) in [6, 6.07) is 0. The lowest BCUT2D eigenvalue weighted by atomic mass is 10.1. The second-order valence-electron chi connectivity index (χ2n) is 4.30. The molecule has 0 saturated carbocycles. The number of ether oxygens (including phenoxy) is 1. The first-order valence-corrected chi connectivity index (χ1v) is 4.70. The Kier molecular flexibility index (Phi) is 4.99. The van der Waals surface area contributed by atoms with Gasteiger partial charge in [-0.1, -0.05) is 6.92 Å². The van der Waals surface area contributed by atoms with Crippen molar-refractivity contribution in [1.82, 2.24) is 0 Å². The Morgan fingerprint density at radius 3 is 2.38 bits per heavy atom. The highest BCUT2D eigenvalue weighted by Gasteiger charge is 2.20. The van der Waals surface area contributed by atoms with Crippen LogP contribution in [0, 0.1) is 5.92 Å². The van der Waals surface area contributed by atoms with Crippen molar-refractivity contribution in [3.63, 3.8) is 0 Å². The predicted molar refractivity (Wildman–Crippen MR) is 51.3 cm³/mol. The van der Waals surface area contributed by atoms with E-state index in [9.17, 15) is 4.79 Å². The Morgan fingerprint density at radius 2 is 2.00 bits per heavy atom. The van der Waals surface area contributed by atoms with Crippen LogP contribution < -0.4 is 0 Å². The molecule has 78 valence electrons. The lowest BCUT2D eigenvalue weighted by Crippen LogP contribution is -2.27. The fraction of sp³-hybridized carbons (Fsp3) is 0.900. The molecule has 0 spiro atoms. The largest absolute Gasteiger partial charge is 0.460 e. The quantitative estimate of drug-likeness (QED) is 0.683. The SMILES string of the molecule is CC(CCCO)C(=O)OC(C)(C)C. The molecule has 0 saturated heterocycles. The summed E-state index contributed by atoms with van der Waals surface area (Å²) in [7, 11) is 0. The summed E-state index contributed by atoms with van der Waals surface area (Å²) in [5.41, 5.74) is -0.412. The van der Waals surface area contributed by atoms with Crippen molar-refractivity contribution in [3.05, 3.63) is 0 Å². The van der Waals surface area contributed by atoms with Crippen LogP contribution in [-0.4, -0.2) is 23.3 Å². The number of carbonyl (C=O) groups is 1. The minimum absolute atomic E-state index is 0.119. The lowest BCUT2D eigenvalue weighted by Gasteiger charge is -2.22. The molecule has 0 radical (unpaired) electrons. The van der Waals surface area contributed by atoms with Gasteiger partial charge in [-0.05, 0) is 33.6 Å². The molecule has 0 fully saturated rings. The predicted octanol–water partition coefficient (Wildman–Crippen LogP) is 1.74. The van der Waals surface area contributed by atoms with Gasteiger partial charge in [-0.15, -0.1) is 0 Å². The zero-order valence-electron chi connectivity index (χ0n) is 8.96. The number of esters is 1. The zero-order valence-corrected chi connectivity index (χ0v) is 8.96. The maximum atomic E-state index is 11.4. The second kappa shape index (κ2) is 5.22. The smallest absolute Gasteiger partial charge is 0.309 e. The van der Waals surface area contributed by atoms with E-state index in [0.717, 1.165) is 0 Å². The molecule has 0 bridgehead atoms. The van der Waals surface area contributed by atoms with Gasteiger partial charge in [0.2, 0.25) is 0 Å². The molecule has 0 aromatic heterocycles. The van der Waals surface area contributed by atoms with E-state index in [1.54, 1.807) is 0 Å². The molecule has 0 amide bonds. The van der Waals surface area contributed by atoms with E-state index in [2.05, 4.69) is 0 Å². The van der Waals surface area contributed by atoms with E-state index < -0.39 is 5.60 Å². The van der Waals surface area contributed by atoms with Crippen LogP contribution in [0.3, 0.4) is 0 Å². The summed E-state index contributed by atoms with van der Waals surface area (Å²) in [5, 5.41) is 8.58. The van der Waals surface area contributed by atoms with Crippen LogP contribution in [0.1, 0.15) is 40.5 Å². The van der Waals surface area contributed by atoms with Crippen molar-refractivity contribution >= 4 is 5.97 Å². The molecule has 0 rings (SSSR count). The molecule has 1 unspecified atom stereocenters. The maximum absolute atomic E-state index is 11.4. The zero-order chi connectivity index (χ0) is 10.5. The van der Waals surface area contributed by atoms with Crippen molar-refractivity contribution in [3.8, 4) is 0 Å². The molecule has 0 aliphatic rings. The van der Waals surface area contributed by atoms with Crippen molar-refractivity contribution < 1.29 is 14.6 Å². The molecule has 0 heterocycles. The number of carbonyl (C=O) groups excluding carboxylic acids is 1. The van der Waals surface area contributed by atoms with E-state index in [1.165, 1.54) is 0 Å². The van der Waals surface area contributed by atoms with Crippen molar-refractivity contribution in [2.45, 2.75) is 46.1 Å². The number of hydrogen-bond donors (Lipinski definition) is 1. The van der Waals surface area contributed by atoms with Gasteiger partial charge in [-0.25, -0.2) is 0 Å². The maximum Gasteiger partial charge on any atom is 0.309 e. The molecule has 0 aromatic carbocycles. The second-order valence-corrected chi connectivity index (χ2v) is 4.30. The number of aliphatic hydroxyl groups is 1. The third-order valence-electron chi connectivity index (χ3n) is 1.60. The van der Waals surface area contributed by atoms with Gasteiger partial charge in [0.25, 0.3) is 0 Å². The first-order chi connectivity index (χ1) is 5.87. The summed E-state index contributed by atoms with van der Waals surface area (Å²) >= 11 is 0. The average molecular weight is 188 g/mol. The Morgan fingerprint density at radius 1 is 1.46 bits per heavy atom. The third-order valence-corrected chi connectivity index (χ3v) is 1.60. The molecule has 0 aliphatic carbocycles. The molecule has 3 heteroatoms. The Bertz CT molecular complexity index is 158. The molecule has 13 heavy (non-hydrogen) atoms. The summed E-state index contributed by atoms with van der Waals surface area (Å²) < 4.78 is 5.18. The van der Waals surface area contributed by atoms with Gasteiger partial charge < -0.3 is 9.84 Å². The van der Waals surface area contributed by atoms with Gasteiger partial charge in [0.1, 0.15) is 5.60 Å². The highest BCUT2D eigenvalue weighted by atomic mass is 16.6. The van der Waals surface area contributed by atoms with Crippen LogP contribution in [0.5, 0.6) is 0 Å². The van der Waals surface area contributed by atoms with Gasteiger partial charge in [0.15, 0.2) is 0 Å². The van der Waals surface area contributed by atoms with Crippen LogP contribution in [0.2, 0.25) is 0 Å². The summed E-state index contributed by atoms with van der Waals surface area (Å²) in [6.45, 7) is 7.51. The standard InChI is InChI=1S/C10H20O3/c1-8(6-5-7-11)9(12)13-10(2,3)4/h8,11H,5-7H2,1-4H3. The highest BCUT2D eigenvalue weighted by Crippen LogP contribution is 2.14. The Balaban J connectivity index is 3.83. The number of rotatable bonds is 4. The van der Waals surface area contributed by atoms with Gasteiger partial charge in [0, 0.05) is 6.61 Å². The third kappa shape index (κ3) is 6.58. The molecule has 0 aliphatic heterocycles. The molecular formula is C10H20O3. The lowest BCUT2D eigenvalue weighted by molar-refractivity contribution is -0.159. The summed E-state index contributed by atoms with van der Waals surface area (Å²) in [6.07, 6.45) is 1.34. The fourth-order valence-corrected chi connectivity index (χ4v) is 0.918. The molecule has 3 nitrogen and oxygen atoms in total. The highest BCUT2D eigenvalue weighted by molar-refractivity contribution is 5.72. The van der Waals surface area contributed by atoms with Crippen molar-refractivity contribution in [2.24, 2.45) is 5.92 Å². The van der Waals surface area contributed by atoms with E-state index in [0.29, 0.717) is 12.8 Å². The normalized spacial score (nSPS) is 13.9. The number of hydrogen-bond acceptors (Lipinski definition) is 3. The molecule has 0 aromatic rings. The van der Waals surface area contributed by atoms with Gasteiger partial charge in [-0.2, -0.15) is 0 Å². The van der Waals surface area contributed by atoms with Crippen molar-refractivity contribution in [2.75, 3.05) is 6.61 Å². The molecular weight excluding hydrogens is 168 g/mol.